The molecule has 0 fully saturated rings. The lowest BCUT2D eigenvalue weighted by Crippen LogP contribution is -2.40. The molecule has 0 spiro atoms. The molecule has 1 aromatic rings. The van der Waals surface area contributed by atoms with E-state index in [4.69, 9.17) is 5.11 Å². The summed E-state index contributed by atoms with van der Waals surface area (Å²) in [4.78, 5) is 46.8. The van der Waals surface area contributed by atoms with Crippen molar-refractivity contribution in [2.75, 3.05) is 0 Å². The molecule has 9 heteroatoms. The molecular formula is C11H13N3O5S. The molecule has 0 aliphatic rings. The Morgan fingerprint density at radius 1 is 1.30 bits per heavy atom. The minimum absolute atomic E-state index is 0.0541. The standard InChI is InChI=1S/C11H13N3O5S/c1-5(6(2)9(16)17)8(15)14-10(18)12-3-7-4-20-11(19)13-7/h4H,3H2,1-2H3,(H,13,19)(H,16,17)(H2,12,14,15,18). The van der Waals surface area contributed by atoms with Gasteiger partial charge in [-0.05, 0) is 13.8 Å². The normalized spacial score (nSPS) is 11.5. The maximum atomic E-state index is 11.6. The number of carboxylic acids is 1. The number of H-pyrrole nitrogens is 1. The number of nitrogens with one attached hydrogen (secondary N) is 3. The first-order valence-corrected chi connectivity index (χ1v) is 6.36. The molecule has 108 valence electrons. The second-order valence-corrected chi connectivity index (χ2v) is 4.71. The van der Waals surface area contributed by atoms with Crippen LogP contribution in [0.5, 0.6) is 0 Å². The summed E-state index contributed by atoms with van der Waals surface area (Å²) in [5.74, 6) is -2.02. The van der Waals surface area contributed by atoms with Gasteiger partial charge in [0, 0.05) is 22.2 Å². The van der Waals surface area contributed by atoms with Crippen molar-refractivity contribution in [1.29, 1.82) is 0 Å². The van der Waals surface area contributed by atoms with Crippen molar-refractivity contribution in [3.05, 3.63) is 31.9 Å². The zero-order valence-electron chi connectivity index (χ0n) is 10.8. The Kier molecular flexibility index (Phi) is 5.21. The fourth-order valence-electron chi connectivity index (χ4n) is 1.15. The van der Waals surface area contributed by atoms with Gasteiger partial charge in [-0.25, -0.2) is 9.59 Å². The minimum Gasteiger partial charge on any atom is -0.478 e. The quantitative estimate of drug-likeness (QED) is 0.590. The van der Waals surface area contributed by atoms with Crippen LogP contribution in [0, 0.1) is 0 Å². The molecule has 0 bridgehead atoms. The van der Waals surface area contributed by atoms with E-state index in [9.17, 15) is 19.2 Å². The van der Waals surface area contributed by atoms with E-state index < -0.39 is 17.9 Å². The van der Waals surface area contributed by atoms with Gasteiger partial charge in [0.25, 0.3) is 5.91 Å². The van der Waals surface area contributed by atoms with Crippen LogP contribution in [-0.2, 0) is 16.1 Å². The lowest BCUT2D eigenvalue weighted by atomic mass is 10.1. The Balaban J connectivity index is 2.54. The Labute approximate surface area is 117 Å². The number of urea groups is 1. The zero-order valence-corrected chi connectivity index (χ0v) is 11.6. The van der Waals surface area contributed by atoms with Crippen LogP contribution < -0.4 is 15.5 Å². The van der Waals surface area contributed by atoms with Crippen molar-refractivity contribution in [3.8, 4) is 0 Å². The Morgan fingerprint density at radius 2 is 1.95 bits per heavy atom. The molecule has 8 nitrogen and oxygen atoms in total. The molecular weight excluding hydrogens is 286 g/mol. The van der Waals surface area contributed by atoms with E-state index in [-0.39, 0.29) is 22.6 Å². The number of aliphatic carboxylic acids is 1. The van der Waals surface area contributed by atoms with Gasteiger partial charge in [-0.15, -0.1) is 0 Å². The van der Waals surface area contributed by atoms with Gasteiger partial charge in [0.2, 0.25) is 0 Å². The second-order valence-electron chi connectivity index (χ2n) is 3.87. The predicted molar refractivity (Wildman–Crippen MR) is 71.3 cm³/mol. The molecule has 0 atom stereocenters. The Hall–Kier alpha value is -2.42. The van der Waals surface area contributed by atoms with Crippen LogP contribution >= 0.6 is 11.3 Å². The SMILES string of the molecule is CC(C(=O)O)=C(C)C(=O)NC(=O)NCc1csc(=O)[nH]1. The fourth-order valence-corrected chi connectivity index (χ4v) is 1.73. The average Bonchev–Trinajstić information content (AvgIpc) is 2.80. The minimum atomic E-state index is -1.23. The van der Waals surface area contributed by atoms with Gasteiger partial charge in [-0.2, -0.15) is 0 Å². The number of carbonyl (C=O) groups excluding carboxylic acids is 2. The van der Waals surface area contributed by atoms with E-state index in [2.05, 4.69) is 10.3 Å². The summed E-state index contributed by atoms with van der Waals surface area (Å²) in [5.41, 5.74) is 0.311. The lowest BCUT2D eigenvalue weighted by Gasteiger charge is -2.07. The number of amides is 3. The molecule has 20 heavy (non-hydrogen) atoms. The van der Waals surface area contributed by atoms with E-state index in [0.717, 1.165) is 11.3 Å². The van der Waals surface area contributed by atoms with Gasteiger partial charge in [-0.3, -0.25) is 14.9 Å². The summed E-state index contributed by atoms with van der Waals surface area (Å²) in [6.45, 7) is 2.63. The first kappa shape index (κ1) is 15.6. The molecule has 4 N–H and O–H groups in total. The smallest absolute Gasteiger partial charge is 0.331 e. The third kappa shape index (κ3) is 4.35. The van der Waals surface area contributed by atoms with Crippen molar-refractivity contribution >= 4 is 29.2 Å². The van der Waals surface area contributed by atoms with Crippen LogP contribution in [0.4, 0.5) is 4.79 Å². The Morgan fingerprint density at radius 3 is 2.45 bits per heavy atom. The number of imide groups is 1. The van der Waals surface area contributed by atoms with Crippen molar-refractivity contribution in [1.82, 2.24) is 15.6 Å². The number of aromatic amines is 1. The van der Waals surface area contributed by atoms with Gasteiger partial charge in [0.1, 0.15) is 0 Å². The summed E-state index contributed by atoms with van der Waals surface area (Å²) >= 11 is 0.960. The number of thiazole rings is 1. The topological polar surface area (TPSA) is 128 Å². The number of hydrogen-bond acceptors (Lipinski definition) is 5. The second kappa shape index (κ2) is 6.66. The number of aromatic nitrogens is 1. The van der Waals surface area contributed by atoms with Crippen LogP contribution in [0.15, 0.2) is 21.3 Å². The molecule has 0 saturated heterocycles. The number of carboxylic acid groups (broad SMARTS) is 1. The highest BCUT2D eigenvalue weighted by Gasteiger charge is 2.15. The third-order valence-corrected chi connectivity index (χ3v) is 3.18. The van der Waals surface area contributed by atoms with Crippen LogP contribution in [0.3, 0.4) is 0 Å². The van der Waals surface area contributed by atoms with Crippen molar-refractivity contribution in [2.24, 2.45) is 0 Å². The summed E-state index contributed by atoms with van der Waals surface area (Å²) in [6, 6.07) is -0.778. The van der Waals surface area contributed by atoms with E-state index in [0.29, 0.717) is 5.69 Å². The van der Waals surface area contributed by atoms with Gasteiger partial charge in [0.05, 0.1) is 6.54 Å². The highest BCUT2D eigenvalue weighted by Crippen LogP contribution is 2.03. The largest absolute Gasteiger partial charge is 0.478 e. The molecule has 0 aromatic carbocycles. The van der Waals surface area contributed by atoms with Gasteiger partial charge < -0.3 is 15.4 Å². The van der Waals surface area contributed by atoms with Gasteiger partial charge in [0.15, 0.2) is 0 Å². The zero-order chi connectivity index (χ0) is 15.3. The number of carbonyl (C=O) groups is 3. The van der Waals surface area contributed by atoms with E-state index >= 15 is 0 Å². The van der Waals surface area contributed by atoms with E-state index in [1.165, 1.54) is 13.8 Å². The highest BCUT2D eigenvalue weighted by molar-refractivity contribution is 7.07. The van der Waals surface area contributed by atoms with Gasteiger partial charge in [-0.1, -0.05) is 11.3 Å². The molecule has 1 rings (SSSR count). The number of rotatable bonds is 4. The molecule has 3 amide bonds. The van der Waals surface area contributed by atoms with Gasteiger partial charge >= 0.3 is 16.9 Å². The first-order valence-electron chi connectivity index (χ1n) is 5.48. The van der Waals surface area contributed by atoms with E-state index in [1.54, 1.807) is 5.38 Å². The monoisotopic (exact) mass is 299 g/mol. The highest BCUT2D eigenvalue weighted by atomic mass is 32.1. The molecule has 0 aliphatic carbocycles. The van der Waals surface area contributed by atoms with Crippen LogP contribution in [0.2, 0.25) is 0 Å². The molecule has 0 aliphatic heterocycles. The summed E-state index contributed by atoms with van der Waals surface area (Å²) < 4.78 is 0. The molecule has 1 heterocycles. The summed E-state index contributed by atoms with van der Waals surface area (Å²) in [7, 11) is 0. The molecule has 0 unspecified atom stereocenters. The maximum absolute atomic E-state index is 11.6. The molecule has 0 radical (unpaired) electrons. The van der Waals surface area contributed by atoms with Crippen LogP contribution in [-0.4, -0.2) is 28.0 Å². The van der Waals surface area contributed by atoms with Crippen molar-refractivity contribution in [2.45, 2.75) is 20.4 Å². The fraction of sp³-hybridized carbons (Fsp3) is 0.273. The van der Waals surface area contributed by atoms with Crippen LogP contribution in [0.25, 0.3) is 0 Å². The van der Waals surface area contributed by atoms with Crippen molar-refractivity contribution in [3.63, 3.8) is 0 Å². The lowest BCUT2D eigenvalue weighted by molar-refractivity contribution is -0.133. The molecule has 0 saturated carbocycles. The first-order chi connectivity index (χ1) is 9.31. The third-order valence-electron chi connectivity index (χ3n) is 2.46. The number of hydrogen-bond donors (Lipinski definition) is 4. The maximum Gasteiger partial charge on any atom is 0.331 e. The summed E-state index contributed by atoms with van der Waals surface area (Å²) in [5, 5.41) is 14.6. The predicted octanol–water partition coefficient (Wildman–Crippen LogP) is 0.183. The molecule has 1 aromatic heterocycles. The van der Waals surface area contributed by atoms with Crippen molar-refractivity contribution < 1.29 is 19.5 Å². The van der Waals surface area contributed by atoms with E-state index in [1.807, 2.05) is 5.32 Å². The Bertz CT molecular complexity index is 628. The summed E-state index contributed by atoms with van der Waals surface area (Å²) in [6.07, 6.45) is 0. The average molecular weight is 299 g/mol. The van der Waals surface area contributed by atoms with Crippen LogP contribution in [0.1, 0.15) is 19.5 Å².